The smallest absolute Gasteiger partial charge is 0.261 e. The molecule has 0 radical (unpaired) electrons. The van der Waals surface area contributed by atoms with Gasteiger partial charge in [0.05, 0.1) is 8.66 Å². The van der Waals surface area contributed by atoms with E-state index in [9.17, 15) is 4.79 Å². The minimum absolute atomic E-state index is 0.00440. The summed E-state index contributed by atoms with van der Waals surface area (Å²) in [5.74, 6) is 0.00440. The van der Waals surface area contributed by atoms with Crippen molar-refractivity contribution in [3.05, 3.63) is 20.3 Å². The van der Waals surface area contributed by atoms with Crippen LogP contribution in [0, 0.1) is 6.92 Å². The van der Waals surface area contributed by atoms with Gasteiger partial charge in [-0.1, -0.05) is 15.9 Å². The Kier molecular flexibility index (Phi) is 5.01. The van der Waals surface area contributed by atoms with Gasteiger partial charge in [-0.05, 0) is 54.8 Å². The second-order valence-electron chi connectivity index (χ2n) is 4.34. The van der Waals surface area contributed by atoms with Crippen molar-refractivity contribution >= 4 is 49.1 Å². The van der Waals surface area contributed by atoms with Crippen LogP contribution in [0.4, 0.5) is 0 Å². The second kappa shape index (κ2) is 5.65. The first-order chi connectivity index (χ1) is 7.35. The molecule has 1 heterocycles. The number of rotatable bonds is 4. The highest BCUT2D eigenvalue weighted by Crippen LogP contribution is 2.27. The van der Waals surface area contributed by atoms with Gasteiger partial charge in [-0.15, -0.1) is 11.3 Å². The quantitative estimate of drug-likeness (QED) is 0.796. The van der Waals surface area contributed by atoms with E-state index in [1.165, 1.54) is 11.3 Å². The molecule has 0 aliphatic carbocycles. The van der Waals surface area contributed by atoms with Gasteiger partial charge in [0.2, 0.25) is 0 Å². The van der Waals surface area contributed by atoms with Crippen LogP contribution in [0.1, 0.15) is 35.5 Å². The summed E-state index contributed by atoms with van der Waals surface area (Å²) in [5.41, 5.74) is 0.929. The molecule has 0 saturated heterocycles. The van der Waals surface area contributed by atoms with Crippen molar-refractivity contribution in [3.63, 3.8) is 0 Å². The lowest BCUT2D eigenvalue weighted by atomic mass is 10.0. The SMILES string of the molecule is Cc1cc(C(=O)NC(C)(C)CCBr)sc1Br. The first-order valence-electron chi connectivity index (χ1n) is 5.00. The Morgan fingerprint density at radius 2 is 2.19 bits per heavy atom. The molecule has 90 valence electrons. The molecule has 0 atom stereocenters. The molecular weight excluding hydrogens is 354 g/mol. The zero-order valence-electron chi connectivity index (χ0n) is 9.56. The van der Waals surface area contributed by atoms with E-state index in [4.69, 9.17) is 0 Å². The third-order valence-corrected chi connectivity index (χ3v) is 4.78. The summed E-state index contributed by atoms with van der Waals surface area (Å²) in [4.78, 5) is 12.7. The van der Waals surface area contributed by atoms with Crippen LogP contribution >= 0.6 is 43.2 Å². The zero-order valence-corrected chi connectivity index (χ0v) is 13.6. The zero-order chi connectivity index (χ0) is 12.3. The van der Waals surface area contributed by atoms with Gasteiger partial charge in [0.15, 0.2) is 0 Å². The Balaban J connectivity index is 2.72. The van der Waals surface area contributed by atoms with Crippen LogP contribution in [0.3, 0.4) is 0 Å². The molecule has 0 saturated carbocycles. The average Bonchev–Trinajstić information content (AvgIpc) is 2.46. The second-order valence-corrected chi connectivity index (χ2v) is 7.51. The third-order valence-electron chi connectivity index (χ3n) is 2.25. The monoisotopic (exact) mass is 367 g/mol. The number of thiophene rings is 1. The van der Waals surface area contributed by atoms with E-state index in [0.29, 0.717) is 0 Å². The molecule has 5 heteroatoms. The van der Waals surface area contributed by atoms with Crippen LogP contribution in [-0.2, 0) is 0 Å². The molecule has 0 spiro atoms. The van der Waals surface area contributed by atoms with Gasteiger partial charge in [-0.3, -0.25) is 4.79 Å². The maximum Gasteiger partial charge on any atom is 0.261 e. The van der Waals surface area contributed by atoms with Crippen molar-refractivity contribution in [3.8, 4) is 0 Å². The third kappa shape index (κ3) is 3.86. The highest BCUT2D eigenvalue weighted by molar-refractivity contribution is 9.11. The van der Waals surface area contributed by atoms with E-state index in [1.54, 1.807) is 0 Å². The molecular formula is C11H15Br2NOS. The number of alkyl halides is 1. The summed E-state index contributed by atoms with van der Waals surface area (Å²) in [6.07, 6.45) is 0.907. The van der Waals surface area contributed by atoms with Gasteiger partial charge in [-0.25, -0.2) is 0 Å². The molecule has 0 aliphatic rings. The number of carbonyl (C=O) groups is 1. The number of aryl methyl sites for hydroxylation is 1. The van der Waals surface area contributed by atoms with Crippen molar-refractivity contribution < 1.29 is 4.79 Å². The molecule has 1 rings (SSSR count). The standard InChI is InChI=1S/C11H15Br2NOS/c1-7-6-8(16-9(7)13)10(15)14-11(2,3)4-5-12/h6H,4-5H2,1-3H3,(H,14,15). The topological polar surface area (TPSA) is 29.1 Å². The Morgan fingerprint density at radius 3 is 2.62 bits per heavy atom. The van der Waals surface area contributed by atoms with E-state index >= 15 is 0 Å². The molecule has 0 bridgehead atoms. The summed E-state index contributed by atoms with van der Waals surface area (Å²) in [6.45, 7) is 6.05. The molecule has 0 aromatic carbocycles. The summed E-state index contributed by atoms with van der Waals surface area (Å²) >= 11 is 8.29. The fourth-order valence-corrected chi connectivity index (χ4v) is 3.66. The van der Waals surface area contributed by atoms with Crippen molar-refractivity contribution in [1.82, 2.24) is 5.32 Å². The number of amides is 1. The number of halogens is 2. The lowest BCUT2D eigenvalue weighted by Crippen LogP contribution is -2.43. The lowest BCUT2D eigenvalue weighted by Gasteiger charge is -2.24. The molecule has 1 aromatic rings. The van der Waals surface area contributed by atoms with Crippen LogP contribution in [0.25, 0.3) is 0 Å². The molecule has 1 amide bonds. The molecule has 0 fully saturated rings. The molecule has 1 aromatic heterocycles. The van der Waals surface area contributed by atoms with Crippen molar-refractivity contribution in [1.29, 1.82) is 0 Å². The van der Waals surface area contributed by atoms with E-state index in [1.807, 2.05) is 26.8 Å². The van der Waals surface area contributed by atoms with Gasteiger partial charge < -0.3 is 5.32 Å². The van der Waals surface area contributed by atoms with Crippen molar-refractivity contribution in [2.45, 2.75) is 32.7 Å². The first kappa shape index (κ1) is 14.2. The number of hydrogen-bond acceptors (Lipinski definition) is 2. The minimum Gasteiger partial charge on any atom is -0.346 e. The molecule has 16 heavy (non-hydrogen) atoms. The summed E-state index contributed by atoms with van der Waals surface area (Å²) in [5, 5.41) is 3.92. The van der Waals surface area contributed by atoms with Crippen molar-refractivity contribution in [2.24, 2.45) is 0 Å². The van der Waals surface area contributed by atoms with E-state index in [2.05, 4.69) is 37.2 Å². The van der Waals surface area contributed by atoms with E-state index in [-0.39, 0.29) is 11.4 Å². The number of hydrogen-bond donors (Lipinski definition) is 1. The fraction of sp³-hybridized carbons (Fsp3) is 0.545. The molecule has 0 aliphatic heterocycles. The van der Waals surface area contributed by atoms with Gasteiger partial charge >= 0.3 is 0 Å². The van der Waals surface area contributed by atoms with Crippen LogP contribution < -0.4 is 5.32 Å². The molecule has 0 unspecified atom stereocenters. The highest BCUT2D eigenvalue weighted by Gasteiger charge is 2.21. The Hall–Kier alpha value is 0.130. The van der Waals surface area contributed by atoms with E-state index < -0.39 is 0 Å². The Labute approximate surface area is 117 Å². The number of nitrogens with one attached hydrogen (secondary N) is 1. The normalized spacial score (nSPS) is 11.6. The predicted molar refractivity (Wildman–Crippen MR) is 76.7 cm³/mol. The Bertz CT molecular complexity index is 368. The first-order valence-corrected chi connectivity index (χ1v) is 7.73. The minimum atomic E-state index is -0.176. The predicted octanol–water partition coefficient (Wildman–Crippen LogP) is 4.11. The maximum absolute atomic E-state index is 12.0. The maximum atomic E-state index is 12.0. The number of carbonyl (C=O) groups excluding carboxylic acids is 1. The van der Waals surface area contributed by atoms with Gasteiger partial charge in [0.25, 0.3) is 5.91 Å². The molecule has 1 N–H and O–H groups in total. The van der Waals surface area contributed by atoms with Crippen LogP contribution in [0.5, 0.6) is 0 Å². The largest absolute Gasteiger partial charge is 0.346 e. The summed E-state index contributed by atoms with van der Waals surface area (Å²) in [6, 6.07) is 1.91. The summed E-state index contributed by atoms with van der Waals surface area (Å²) < 4.78 is 1.02. The lowest BCUT2D eigenvalue weighted by molar-refractivity contribution is 0.0916. The van der Waals surface area contributed by atoms with E-state index in [0.717, 1.165) is 26.0 Å². The average molecular weight is 369 g/mol. The van der Waals surface area contributed by atoms with Gasteiger partial charge in [0, 0.05) is 10.9 Å². The van der Waals surface area contributed by atoms with Gasteiger partial charge in [-0.2, -0.15) is 0 Å². The van der Waals surface area contributed by atoms with Crippen LogP contribution in [-0.4, -0.2) is 16.8 Å². The van der Waals surface area contributed by atoms with Crippen molar-refractivity contribution in [2.75, 3.05) is 5.33 Å². The molecule has 2 nitrogen and oxygen atoms in total. The van der Waals surface area contributed by atoms with Crippen LogP contribution in [0.15, 0.2) is 9.85 Å². The fourth-order valence-electron chi connectivity index (χ4n) is 1.24. The van der Waals surface area contributed by atoms with Crippen LogP contribution in [0.2, 0.25) is 0 Å². The highest BCUT2D eigenvalue weighted by atomic mass is 79.9. The van der Waals surface area contributed by atoms with Gasteiger partial charge in [0.1, 0.15) is 0 Å². The summed E-state index contributed by atoms with van der Waals surface area (Å²) in [7, 11) is 0. The Morgan fingerprint density at radius 1 is 1.56 bits per heavy atom.